The Kier molecular flexibility index (Phi) is 6.37. The topological polar surface area (TPSA) is 92.7 Å². The van der Waals surface area contributed by atoms with Crippen molar-refractivity contribution in [3.8, 4) is 0 Å². The molecule has 19 heavy (non-hydrogen) atoms. The van der Waals surface area contributed by atoms with Crippen LogP contribution < -0.4 is 5.32 Å². The van der Waals surface area contributed by atoms with Crippen LogP contribution in [0.1, 0.15) is 17.3 Å². The zero-order valence-corrected chi connectivity index (χ0v) is 11.8. The van der Waals surface area contributed by atoms with Crippen molar-refractivity contribution in [2.24, 2.45) is 0 Å². The van der Waals surface area contributed by atoms with E-state index in [-0.39, 0.29) is 24.0 Å². The van der Waals surface area contributed by atoms with Crippen molar-refractivity contribution in [3.05, 3.63) is 17.0 Å². The highest BCUT2D eigenvalue weighted by Gasteiger charge is 2.16. The first-order valence-electron chi connectivity index (χ1n) is 5.38. The van der Waals surface area contributed by atoms with Crippen molar-refractivity contribution in [1.82, 2.24) is 0 Å². The van der Waals surface area contributed by atoms with Gasteiger partial charge in [0, 0.05) is 0 Å². The van der Waals surface area contributed by atoms with Crippen molar-refractivity contribution in [2.45, 2.75) is 6.92 Å². The highest BCUT2D eigenvalue weighted by molar-refractivity contribution is 8.00. The van der Waals surface area contributed by atoms with E-state index in [1.54, 1.807) is 18.4 Å². The first-order chi connectivity index (χ1) is 9.04. The molecule has 6 nitrogen and oxygen atoms in total. The number of esters is 1. The highest BCUT2D eigenvalue weighted by atomic mass is 32.2. The second-order valence-corrected chi connectivity index (χ2v) is 5.22. The molecule has 1 aromatic rings. The number of anilines is 1. The number of carboxylic acid groups (broad SMARTS) is 1. The van der Waals surface area contributed by atoms with E-state index in [0.29, 0.717) is 10.6 Å². The zero-order chi connectivity index (χ0) is 14.3. The van der Waals surface area contributed by atoms with Crippen LogP contribution in [0.4, 0.5) is 5.00 Å². The van der Waals surface area contributed by atoms with Gasteiger partial charge in [0.15, 0.2) is 0 Å². The van der Waals surface area contributed by atoms with Crippen LogP contribution in [0.5, 0.6) is 0 Å². The van der Waals surface area contributed by atoms with Gasteiger partial charge in [-0.2, -0.15) is 0 Å². The number of carbonyl (C=O) groups is 3. The predicted octanol–water partition coefficient (Wildman–Crippen LogP) is 1.68. The second kappa shape index (κ2) is 7.80. The summed E-state index contributed by atoms with van der Waals surface area (Å²) in [7, 11) is 0. The third-order valence-electron chi connectivity index (χ3n) is 1.87. The van der Waals surface area contributed by atoms with E-state index >= 15 is 0 Å². The number of aliphatic carboxylic acids is 1. The summed E-state index contributed by atoms with van der Waals surface area (Å²) in [5.74, 6) is -1.92. The molecule has 0 saturated carbocycles. The number of thioether (sulfide) groups is 1. The van der Waals surface area contributed by atoms with Crippen LogP contribution in [-0.2, 0) is 14.3 Å². The Morgan fingerprint density at radius 2 is 2.16 bits per heavy atom. The molecule has 1 heterocycles. The van der Waals surface area contributed by atoms with Crippen molar-refractivity contribution >= 4 is 45.9 Å². The fraction of sp³-hybridized carbons (Fsp3) is 0.364. The lowest BCUT2D eigenvalue weighted by Gasteiger charge is -2.05. The normalized spacial score (nSPS) is 9.95. The lowest BCUT2D eigenvalue weighted by Crippen LogP contribution is -2.16. The van der Waals surface area contributed by atoms with Gasteiger partial charge in [0.1, 0.15) is 5.00 Å². The van der Waals surface area contributed by atoms with Crippen LogP contribution >= 0.6 is 23.1 Å². The average Bonchev–Trinajstić information content (AvgIpc) is 2.76. The minimum atomic E-state index is -0.971. The molecule has 0 aliphatic carbocycles. The molecule has 0 saturated heterocycles. The van der Waals surface area contributed by atoms with Gasteiger partial charge in [0.2, 0.25) is 5.91 Å². The molecule has 104 valence electrons. The van der Waals surface area contributed by atoms with E-state index in [9.17, 15) is 14.4 Å². The Morgan fingerprint density at radius 1 is 1.42 bits per heavy atom. The summed E-state index contributed by atoms with van der Waals surface area (Å²) in [4.78, 5) is 33.4. The van der Waals surface area contributed by atoms with Crippen molar-refractivity contribution < 1.29 is 24.2 Å². The van der Waals surface area contributed by atoms with Gasteiger partial charge < -0.3 is 15.2 Å². The van der Waals surface area contributed by atoms with Gasteiger partial charge >= 0.3 is 11.9 Å². The summed E-state index contributed by atoms with van der Waals surface area (Å²) >= 11 is 2.21. The smallest absolute Gasteiger partial charge is 0.341 e. The monoisotopic (exact) mass is 303 g/mol. The molecular weight excluding hydrogens is 290 g/mol. The molecule has 0 fully saturated rings. The molecule has 1 rings (SSSR count). The Hall–Kier alpha value is -1.54. The Morgan fingerprint density at radius 3 is 2.79 bits per heavy atom. The standard InChI is InChI=1S/C11H13NO5S2/c1-2-17-11(16)7-3-4-19-10(7)12-8(13)5-18-6-9(14)15/h3-4H,2,5-6H2,1H3,(H,12,13)(H,14,15). The molecule has 0 atom stereocenters. The van der Waals surface area contributed by atoms with Crippen LogP contribution in [0.2, 0.25) is 0 Å². The molecule has 0 unspecified atom stereocenters. The van der Waals surface area contributed by atoms with Crippen LogP contribution in [0.15, 0.2) is 11.4 Å². The zero-order valence-electron chi connectivity index (χ0n) is 10.2. The molecule has 8 heteroatoms. The molecule has 0 aliphatic heterocycles. The van der Waals surface area contributed by atoms with Gasteiger partial charge in [0.25, 0.3) is 0 Å². The minimum Gasteiger partial charge on any atom is -0.481 e. The third-order valence-corrected chi connectivity index (χ3v) is 3.62. The van der Waals surface area contributed by atoms with Crippen LogP contribution in [-0.4, -0.2) is 41.1 Å². The number of thiophene rings is 1. The minimum absolute atomic E-state index is 0.0203. The number of hydrogen-bond donors (Lipinski definition) is 2. The number of carbonyl (C=O) groups excluding carboxylic acids is 2. The summed E-state index contributed by atoms with van der Waals surface area (Å²) in [6.45, 7) is 1.96. The quantitative estimate of drug-likeness (QED) is 0.745. The van der Waals surface area contributed by atoms with E-state index in [4.69, 9.17) is 9.84 Å². The Labute approximate surface area is 118 Å². The van der Waals surface area contributed by atoms with Gasteiger partial charge in [0.05, 0.1) is 23.7 Å². The molecule has 0 spiro atoms. The molecular formula is C11H13NO5S2. The van der Waals surface area contributed by atoms with Gasteiger partial charge in [-0.25, -0.2) is 4.79 Å². The van der Waals surface area contributed by atoms with E-state index < -0.39 is 11.9 Å². The number of ether oxygens (including phenoxy) is 1. The first kappa shape index (κ1) is 15.5. The predicted molar refractivity (Wildman–Crippen MR) is 73.9 cm³/mol. The fourth-order valence-electron chi connectivity index (χ4n) is 1.17. The number of amides is 1. The summed E-state index contributed by atoms with van der Waals surface area (Å²) in [5, 5.41) is 13.1. The molecule has 0 aliphatic rings. The van der Waals surface area contributed by atoms with Gasteiger partial charge in [-0.1, -0.05) is 0 Å². The third kappa shape index (κ3) is 5.31. The van der Waals surface area contributed by atoms with E-state index in [2.05, 4.69) is 5.32 Å². The number of carboxylic acids is 1. The lowest BCUT2D eigenvalue weighted by molar-refractivity contribution is -0.133. The first-order valence-corrected chi connectivity index (χ1v) is 7.42. The number of rotatable bonds is 7. The molecule has 2 N–H and O–H groups in total. The van der Waals surface area contributed by atoms with E-state index in [1.807, 2.05) is 0 Å². The summed E-state index contributed by atoms with van der Waals surface area (Å²) < 4.78 is 4.85. The Bertz CT molecular complexity index is 471. The maximum absolute atomic E-state index is 11.6. The second-order valence-electron chi connectivity index (χ2n) is 3.32. The maximum Gasteiger partial charge on any atom is 0.341 e. The van der Waals surface area contributed by atoms with Crippen molar-refractivity contribution in [3.63, 3.8) is 0 Å². The maximum atomic E-state index is 11.6. The summed E-state index contributed by atoms with van der Waals surface area (Å²) in [6, 6.07) is 1.57. The average molecular weight is 303 g/mol. The molecule has 0 aromatic carbocycles. The number of hydrogen-bond acceptors (Lipinski definition) is 6. The summed E-state index contributed by atoms with van der Waals surface area (Å²) in [6.07, 6.45) is 0. The van der Waals surface area contributed by atoms with E-state index in [0.717, 1.165) is 11.8 Å². The fourth-order valence-corrected chi connectivity index (χ4v) is 2.49. The Balaban J connectivity index is 2.53. The highest BCUT2D eigenvalue weighted by Crippen LogP contribution is 2.24. The molecule has 1 amide bonds. The SMILES string of the molecule is CCOC(=O)c1ccsc1NC(=O)CSCC(=O)O. The van der Waals surface area contributed by atoms with Gasteiger partial charge in [-0.3, -0.25) is 9.59 Å². The van der Waals surface area contributed by atoms with Crippen LogP contribution in [0, 0.1) is 0 Å². The lowest BCUT2D eigenvalue weighted by atomic mass is 10.3. The van der Waals surface area contributed by atoms with Gasteiger partial charge in [-0.05, 0) is 18.4 Å². The number of nitrogens with one attached hydrogen (secondary N) is 1. The molecule has 0 radical (unpaired) electrons. The van der Waals surface area contributed by atoms with Crippen LogP contribution in [0.25, 0.3) is 0 Å². The van der Waals surface area contributed by atoms with Crippen LogP contribution in [0.3, 0.4) is 0 Å². The molecule has 1 aromatic heterocycles. The van der Waals surface area contributed by atoms with Gasteiger partial charge in [-0.15, -0.1) is 23.1 Å². The van der Waals surface area contributed by atoms with Crippen molar-refractivity contribution in [2.75, 3.05) is 23.4 Å². The summed E-state index contributed by atoms with van der Waals surface area (Å²) in [5.41, 5.74) is 0.309. The van der Waals surface area contributed by atoms with Crippen molar-refractivity contribution in [1.29, 1.82) is 0 Å². The van der Waals surface area contributed by atoms with E-state index in [1.165, 1.54) is 11.3 Å². The largest absolute Gasteiger partial charge is 0.481 e. The molecule has 0 bridgehead atoms.